The van der Waals surface area contributed by atoms with Crippen molar-refractivity contribution in [2.75, 3.05) is 0 Å². The molecule has 1 rings (SSSR count). The lowest BCUT2D eigenvalue weighted by atomic mass is 9.88. The lowest BCUT2D eigenvalue weighted by molar-refractivity contribution is -0.132. The zero-order valence-corrected chi connectivity index (χ0v) is 20.6. The molecular weight excluding hydrogens is 420 g/mol. The van der Waals surface area contributed by atoms with Gasteiger partial charge in [0.05, 0.1) is 11.7 Å². The number of aryl methyl sites for hydroxylation is 1. The number of aromatic hydroxyl groups is 2. The first kappa shape index (κ1) is 28.5. The topological polar surface area (TPSA) is 118 Å². The molecule has 0 fully saturated rings. The molecule has 0 saturated heterocycles. The Balaban J connectivity index is 2.60. The number of carboxylic acid groups (broad SMARTS) is 1. The molecule has 6 heteroatoms. The van der Waals surface area contributed by atoms with Crippen molar-refractivity contribution in [1.82, 2.24) is 0 Å². The maximum Gasteiger partial charge on any atom is 0.331 e. The summed E-state index contributed by atoms with van der Waals surface area (Å²) in [7, 11) is 0. The number of hydrogen-bond donors (Lipinski definition) is 5. The number of aliphatic hydroxyl groups is 2. The van der Waals surface area contributed by atoms with Gasteiger partial charge in [0.15, 0.2) is 0 Å². The molecule has 2 unspecified atom stereocenters. The third-order valence-corrected chi connectivity index (χ3v) is 5.81. The average Bonchev–Trinajstić information content (AvgIpc) is 2.69. The number of carboxylic acids is 1. The number of aliphatic carboxylic acids is 1. The van der Waals surface area contributed by atoms with Gasteiger partial charge in [0.2, 0.25) is 0 Å². The number of phenolic OH excluding ortho intramolecular Hbond substituents is 2. The molecule has 0 aliphatic rings. The predicted octanol–water partition coefficient (Wildman–Crippen LogP) is 5.32. The third kappa shape index (κ3) is 10.3. The van der Waals surface area contributed by atoms with Gasteiger partial charge in [0.25, 0.3) is 0 Å². The highest BCUT2D eigenvalue weighted by atomic mass is 16.4. The molecule has 0 aromatic heterocycles. The molecule has 0 aliphatic heterocycles. The van der Waals surface area contributed by atoms with E-state index in [1.807, 2.05) is 32.9 Å². The van der Waals surface area contributed by atoms with Crippen LogP contribution < -0.4 is 0 Å². The van der Waals surface area contributed by atoms with E-state index in [2.05, 4.69) is 0 Å². The van der Waals surface area contributed by atoms with Crippen LogP contribution in [0.2, 0.25) is 0 Å². The number of rotatable bonds is 13. The van der Waals surface area contributed by atoms with Crippen molar-refractivity contribution in [2.24, 2.45) is 0 Å². The average molecular weight is 461 g/mol. The Hall–Kier alpha value is -2.57. The first-order chi connectivity index (χ1) is 15.3. The highest BCUT2D eigenvalue weighted by Gasteiger charge is 2.30. The largest absolute Gasteiger partial charge is 0.508 e. The van der Waals surface area contributed by atoms with Crippen molar-refractivity contribution >= 4 is 5.97 Å². The standard InChI is InChI=1S/C27H40O6/c1-18(2)9-6-12-21(26(31)32)13-7-10-19(3)11-8-14-27(5,33)24(29)17-22-16-23(28)15-20(4)25(22)30/h9,11,13,15-16,24,28-30,33H,6-8,10,12,14,17H2,1-5H3,(H,31,32)/b19-11+,21-13-. The van der Waals surface area contributed by atoms with E-state index >= 15 is 0 Å². The number of hydrogen-bond acceptors (Lipinski definition) is 5. The summed E-state index contributed by atoms with van der Waals surface area (Å²) in [5, 5.41) is 50.5. The molecule has 0 bridgehead atoms. The van der Waals surface area contributed by atoms with E-state index in [0.717, 1.165) is 12.0 Å². The quantitative estimate of drug-likeness (QED) is 0.154. The molecule has 184 valence electrons. The van der Waals surface area contributed by atoms with Crippen LogP contribution in [0.3, 0.4) is 0 Å². The van der Waals surface area contributed by atoms with Gasteiger partial charge in [0.1, 0.15) is 11.5 Å². The van der Waals surface area contributed by atoms with Crippen molar-refractivity contribution in [3.63, 3.8) is 0 Å². The number of aliphatic hydroxyl groups excluding tert-OH is 1. The second-order valence-electron chi connectivity index (χ2n) is 9.33. The summed E-state index contributed by atoms with van der Waals surface area (Å²) in [6, 6.07) is 2.83. The van der Waals surface area contributed by atoms with Gasteiger partial charge in [0, 0.05) is 17.6 Å². The molecule has 5 N–H and O–H groups in total. The smallest absolute Gasteiger partial charge is 0.331 e. The molecule has 0 saturated carbocycles. The van der Waals surface area contributed by atoms with Gasteiger partial charge in [-0.15, -0.1) is 0 Å². The van der Waals surface area contributed by atoms with Gasteiger partial charge in [-0.1, -0.05) is 29.4 Å². The van der Waals surface area contributed by atoms with Crippen LogP contribution in [0.4, 0.5) is 0 Å². The van der Waals surface area contributed by atoms with Gasteiger partial charge in [-0.3, -0.25) is 0 Å². The first-order valence-electron chi connectivity index (χ1n) is 11.5. The summed E-state index contributed by atoms with van der Waals surface area (Å²) in [5.41, 5.74) is 2.21. The Morgan fingerprint density at radius 2 is 1.67 bits per heavy atom. The number of phenols is 2. The van der Waals surface area contributed by atoms with E-state index in [0.29, 0.717) is 48.8 Å². The zero-order valence-electron chi connectivity index (χ0n) is 20.6. The van der Waals surface area contributed by atoms with Crippen LogP contribution in [0.25, 0.3) is 0 Å². The summed E-state index contributed by atoms with van der Waals surface area (Å²) in [6.07, 6.45) is 8.17. The number of carbonyl (C=O) groups is 1. The summed E-state index contributed by atoms with van der Waals surface area (Å²) >= 11 is 0. The molecule has 0 amide bonds. The van der Waals surface area contributed by atoms with E-state index in [1.54, 1.807) is 19.9 Å². The predicted molar refractivity (Wildman–Crippen MR) is 131 cm³/mol. The normalized spacial score (nSPS) is 15.1. The summed E-state index contributed by atoms with van der Waals surface area (Å²) < 4.78 is 0. The molecule has 33 heavy (non-hydrogen) atoms. The van der Waals surface area contributed by atoms with Crippen LogP contribution >= 0.6 is 0 Å². The van der Waals surface area contributed by atoms with Crippen molar-refractivity contribution in [3.05, 3.63) is 58.2 Å². The van der Waals surface area contributed by atoms with Gasteiger partial charge < -0.3 is 25.5 Å². The van der Waals surface area contributed by atoms with Crippen molar-refractivity contribution < 1.29 is 30.3 Å². The Kier molecular flexibility index (Phi) is 11.4. The molecule has 0 aliphatic carbocycles. The van der Waals surface area contributed by atoms with E-state index in [4.69, 9.17) is 0 Å². The number of allylic oxidation sites excluding steroid dienone is 5. The molecule has 6 nitrogen and oxygen atoms in total. The first-order valence-corrected chi connectivity index (χ1v) is 11.5. The Morgan fingerprint density at radius 1 is 1.03 bits per heavy atom. The van der Waals surface area contributed by atoms with Crippen LogP contribution in [0.5, 0.6) is 11.5 Å². The molecule has 1 aromatic carbocycles. The molecule has 2 atom stereocenters. The fourth-order valence-corrected chi connectivity index (χ4v) is 3.58. The fourth-order valence-electron chi connectivity index (χ4n) is 3.58. The highest BCUT2D eigenvalue weighted by Crippen LogP contribution is 2.30. The van der Waals surface area contributed by atoms with Crippen LogP contribution in [0.1, 0.15) is 77.3 Å². The highest BCUT2D eigenvalue weighted by molar-refractivity contribution is 5.86. The second kappa shape index (κ2) is 13.2. The minimum atomic E-state index is -1.37. The van der Waals surface area contributed by atoms with E-state index in [9.17, 15) is 30.3 Å². The lowest BCUT2D eigenvalue weighted by Gasteiger charge is -2.29. The van der Waals surface area contributed by atoms with Crippen LogP contribution in [-0.2, 0) is 11.2 Å². The molecule has 0 spiro atoms. The summed E-state index contributed by atoms with van der Waals surface area (Å²) in [5.74, 6) is -0.868. The minimum absolute atomic E-state index is 0.00254. The van der Waals surface area contributed by atoms with Gasteiger partial charge in [-0.25, -0.2) is 4.79 Å². The Morgan fingerprint density at radius 3 is 2.27 bits per heavy atom. The third-order valence-electron chi connectivity index (χ3n) is 5.81. The SMILES string of the molecule is CC(C)=CCC/C(=C/CC/C(C)=C/CCC(C)(O)C(O)Cc1cc(O)cc(C)c1O)C(=O)O. The molecule has 0 radical (unpaired) electrons. The van der Waals surface area contributed by atoms with E-state index in [-0.39, 0.29) is 17.9 Å². The second-order valence-corrected chi connectivity index (χ2v) is 9.33. The van der Waals surface area contributed by atoms with Gasteiger partial charge in [-0.2, -0.15) is 0 Å². The van der Waals surface area contributed by atoms with Gasteiger partial charge >= 0.3 is 5.97 Å². The summed E-state index contributed by atoms with van der Waals surface area (Å²) in [6.45, 7) is 9.17. The molecule has 1 aromatic rings. The molecule has 0 heterocycles. The maximum atomic E-state index is 11.4. The van der Waals surface area contributed by atoms with Crippen LogP contribution in [-0.4, -0.2) is 43.2 Å². The summed E-state index contributed by atoms with van der Waals surface area (Å²) in [4.78, 5) is 11.4. The Bertz CT molecular complexity index is 888. The maximum absolute atomic E-state index is 11.4. The van der Waals surface area contributed by atoms with Crippen molar-refractivity contribution in [2.45, 2.75) is 91.3 Å². The minimum Gasteiger partial charge on any atom is -0.508 e. The van der Waals surface area contributed by atoms with Gasteiger partial charge in [-0.05, 0) is 90.8 Å². The van der Waals surface area contributed by atoms with E-state index in [1.165, 1.54) is 17.7 Å². The van der Waals surface area contributed by atoms with Crippen molar-refractivity contribution in [3.8, 4) is 11.5 Å². The monoisotopic (exact) mass is 460 g/mol. The Labute approximate surface area is 197 Å². The van der Waals surface area contributed by atoms with Crippen LogP contribution in [0.15, 0.2) is 47.1 Å². The zero-order chi connectivity index (χ0) is 25.2. The number of benzene rings is 1. The van der Waals surface area contributed by atoms with E-state index < -0.39 is 17.7 Å². The van der Waals surface area contributed by atoms with Crippen LogP contribution in [0, 0.1) is 6.92 Å². The lowest BCUT2D eigenvalue weighted by Crippen LogP contribution is -2.40. The van der Waals surface area contributed by atoms with Crippen molar-refractivity contribution in [1.29, 1.82) is 0 Å². The molecular formula is C27H40O6. The fraction of sp³-hybridized carbons (Fsp3) is 0.519.